The summed E-state index contributed by atoms with van der Waals surface area (Å²) in [6.45, 7) is 6.39. The number of hydrogen-bond acceptors (Lipinski definition) is 4. The molecule has 0 spiro atoms. The molecule has 0 heterocycles. The summed E-state index contributed by atoms with van der Waals surface area (Å²) < 4.78 is 4.90. The summed E-state index contributed by atoms with van der Waals surface area (Å²) in [5.41, 5.74) is 2.36. The molecule has 2 atom stereocenters. The fraction of sp³-hybridized carbons (Fsp3) is 0.579. The van der Waals surface area contributed by atoms with Crippen molar-refractivity contribution in [3.8, 4) is 0 Å². The summed E-state index contributed by atoms with van der Waals surface area (Å²) in [4.78, 5) is 23.8. The molecule has 0 radical (unpaired) electrons. The third-order valence-electron chi connectivity index (χ3n) is 4.74. The first-order chi connectivity index (χ1) is 12.0. The quantitative estimate of drug-likeness (QED) is 0.733. The van der Waals surface area contributed by atoms with Crippen molar-refractivity contribution in [3.63, 3.8) is 0 Å². The Hall–Kier alpha value is -2.24. The molecule has 1 aliphatic carbocycles. The van der Waals surface area contributed by atoms with Crippen LogP contribution in [-0.4, -0.2) is 31.2 Å². The first kappa shape index (κ1) is 19.1. The van der Waals surface area contributed by atoms with Gasteiger partial charge in [0, 0.05) is 17.4 Å². The molecule has 25 heavy (non-hydrogen) atoms. The van der Waals surface area contributed by atoms with Crippen molar-refractivity contribution in [2.24, 2.45) is 5.92 Å². The van der Waals surface area contributed by atoms with E-state index in [1.807, 2.05) is 19.1 Å². The first-order valence-electron chi connectivity index (χ1n) is 9.08. The van der Waals surface area contributed by atoms with E-state index < -0.39 is 6.09 Å². The highest BCUT2D eigenvalue weighted by molar-refractivity contribution is 5.87. The van der Waals surface area contributed by atoms with Crippen LogP contribution in [0.2, 0.25) is 0 Å². The lowest BCUT2D eigenvalue weighted by atomic mass is 9.86. The predicted octanol–water partition coefficient (Wildman–Crippen LogP) is 3.67. The molecular formula is C19H29N3O3. The van der Waals surface area contributed by atoms with Crippen molar-refractivity contribution in [1.29, 1.82) is 0 Å². The van der Waals surface area contributed by atoms with Gasteiger partial charge in [-0.05, 0) is 50.3 Å². The largest absolute Gasteiger partial charge is 0.450 e. The zero-order valence-corrected chi connectivity index (χ0v) is 15.4. The van der Waals surface area contributed by atoms with Crippen molar-refractivity contribution in [3.05, 3.63) is 23.8 Å². The van der Waals surface area contributed by atoms with E-state index in [1.54, 1.807) is 13.0 Å². The monoisotopic (exact) mass is 347 g/mol. The number of carbonyl (C=O) groups is 2. The first-order valence-corrected chi connectivity index (χ1v) is 9.08. The highest BCUT2D eigenvalue weighted by Crippen LogP contribution is 2.24. The highest BCUT2D eigenvalue weighted by atomic mass is 16.5. The van der Waals surface area contributed by atoms with Gasteiger partial charge in [-0.2, -0.15) is 0 Å². The zero-order chi connectivity index (χ0) is 18.2. The van der Waals surface area contributed by atoms with E-state index in [9.17, 15) is 9.59 Å². The lowest BCUT2D eigenvalue weighted by Gasteiger charge is -2.29. The zero-order valence-electron chi connectivity index (χ0n) is 15.4. The van der Waals surface area contributed by atoms with Gasteiger partial charge in [0.1, 0.15) is 0 Å². The summed E-state index contributed by atoms with van der Waals surface area (Å²) in [5, 5.41) is 9.00. The molecule has 1 saturated carbocycles. The molecule has 1 fully saturated rings. The molecular weight excluding hydrogens is 318 g/mol. The number of hydrogen-bond donors (Lipinski definition) is 3. The molecule has 1 aromatic carbocycles. The number of anilines is 2. The van der Waals surface area contributed by atoms with E-state index >= 15 is 0 Å². The average molecular weight is 347 g/mol. The molecule has 138 valence electrons. The fourth-order valence-electron chi connectivity index (χ4n) is 3.20. The SMILES string of the molecule is CCOC(=O)Nc1cccc(NCC(=O)N[C@H]2CCCC[C@@H]2C)c1C. The standard InChI is InChI=1S/C19H29N3O3/c1-4-25-19(24)22-17-11-7-10-16(14(17)3)20-12-18(23)21-15-9-6-5-8-13(15)2/h7,10-11,13,15,20H,4-6,8-9,12H2,1-3H3,(H,21,23)(H,22,24)/t13-,15-/m0/s1. The molecule has 0 unspecified atom stereocenters. The number of rotatable bonds is 6. The Bertz CT molecular complexity index is 604. The van der Waals surface area contributed by atoms with Crippen molar-refractivity contribution in [2.45, 2.75) is 52.5 Å². The van der Waals surface area contributed by atoms with Gasteiger partial charge in [-0.15, -0.1) is 0 Å². The summed E-state index contributed by atoms with van der Waals surface area (Å²) >= 11 is 0. The van der Waals surface area contributed by atoms with Crippen molar-refractivity contribution >= 4 is 23.4 Å². The van der Waals surface area contributed by atoms with Crippen LogP contribution in [0, 0.1) is 12.8 Å². The van der Waals surface area contributed by atoms with Crippen molar-refractivity contribution in [1.82, 2.24) is 5.32 Å². The van der Waals surface area contributed by atoms with Crippen molar-refractivity contribution < 1.29 is 14.3 Å². The van der Waals surface area contributed by atoms with Crippen LogP contribution < -0.4 is 16.0 Å². The summed E-state index contributed by atoms with van der Waals surface area (Å²) in [5.74, 6) is 0.540. The minimum Gasteiger partial charge on any atom is -0.450 e. The number of benzene rings is 1. The van der Waals surface area contributed by atoms with Gasteiger partial charge in [0.25, 0.3) is 0 Å². The molecule has 0 aliphatic heterocycles. The van der Waals surface area contributed by atoms with E-state index in [2.05, 4.69) is 22.9 Å². The number of ether oxygens (including phenoxy) is 1. The Morgan fingerprint density at radius 3 is 2.64 bits per heavy atom. The van der Waals surface area contributed by atoms with E-state index in [1.165, 1.54) is 19.3 Å². The lowest BCUT2D eigenvalue weighted by molar-refractivity contribution is -0.120. The molecule has 6 heteroatoms. The van der Waals surface area contributed by atoms with Crippen LogP contribution in [0.15, 0.2) is 18.2 Å². The van der Waals surface area contributed by atoms with Gasteiger partial charge < -0.3 is 15.4 Å². The van der Waals surface area contributed by atoms with Crippen LogP contribution in [0.5, 0.6) is 0 Å². The maximum absolute atomic E-state index is 12.2. The van der Waals surface area contributed by atoms with E-state index in [4.69, 9.17) is 4.74 Å². The van der Waals surface area contributed by atoms with Gasteiger partial charge in [0.2, 0.25) is 5.91 Å². The minimum absolute atomic E-state index is 0.00176. The lowest BCUT2D eigenvalue weighted by Crippen LogP contribution is -2.43. The summed E-state index contributed by atoms with van der Waals surface area (Å²) in [7, 11) is 0. The molecule has 0 saturated heterocycles. The van der Waals surface area contributed by atoms with Crippen LogP contribution in [0.25, 0.3) is 0 Å². The predicted molar refractivity (Wildman–Crippen MR) is 99.9 cm³/mol. The van der Waals surface area contributed by atoms with Gasteiger partial charge >= 0.3 is 6.09 Å². The van der Waals surface area contributed by atoms with Crippen LogP contribution >= 0.6 is 0 Å². The fourth-order valence-corrected chi connectivity index (χ4v) is 3.20. The van der Waals surface area contributed by atoms with Gasteiger partial charge in [0.15, 0.2) is 0 Å². The molecule has 0 aromatic heterocycles. The summed E-state index contributed by atoms with van der Waals surface area (Å²) in [6.07, 6.45) is 4.20. The molecule has 2 amide bonds. The second-order valence-electron chi connectivity index (χ2n) is 6.61. The molecule has 1 aliphatic rings. The van der Waals surface area contributed by atoms with Gasteiger partial charge in [-0.25, -0.2) is 4.79 Å². The molecule has 3 N–H and O–H groups in total. The van der Waals surface area contributed by atoms with Gasteiger partial charge in [-0.1, -0.05) is 25.8 Å². The maximum atomic E-state index is 12.2. The Labute approximate surface area is 149 Å². The number of nitrogens with one attached hydrogen (secondary N) is 3. The Morgan fingerprint density at radius 2 is 1.92 bits per heavy atom. The average Bonchev–Trinajstić information content (AvgIpc) is 2.58. The third-order valence-corrected chi connectivity index (χ3v) is 4.74. The third kappa shape index (κ3) is 5.66. The Morgan fingerprint density at radius 1 is 1.20 bits per heavy atom. The number of carbonyl (C=O) groups excluding carboxylic acids is 2. The topological polar surface area (TPSA) is 79.5 Å². The van der Waals surface area contributed by atoms with E-state index in [-0.39, 0.29) is 18.5 Å². The second kappa shape index (κ2) is 9.30. The van der Waals surface area contributed by atoms with E-state index in [0.29, 0.717) is 18.2 Å². The van der Waals surface area contributed by atoms with Gasteiger partial charge in [-0.3, -0.25) is 10.1 Å². The second-order valence-corrected chi connectivity index (χ2v) is 6.61. The van der Waals surface area contributed by atoms with E-state index in [0.717, 1.165) is 17.7 Å². The number of amides is 2. The Kier molecular flexibility index (Phi) is 7.10. The summed E-state index contributed by atoms with van der Waals surface area (Å²) in [6, 6.07) is 5.81. The van der Waals surface area contributed by atoms with Crippen LogP contribution in [0.3, 0.4) is 0 Å². The smallest absolute Gasteiger partial charge is 0.411 e. The van der Waals surface area contributed by atoms with Crippen molar-refractivity contribution in [2.75, 3.05) is 23.8 Å². The minimum atomic E-state index is -0.480. The maximum Gasteiger partial charge on any atom is 0.411 e. The molecule has 1 aromatic rings. The van der Waals surface area contributed by atoms with Crippen LogP contribution in [-0.2, 0) is 9.53 Å². The Balaban J connectivity index is 1.89. The molecule has 6 nitrogen and oxygen atoms in total. The van der Waals surface area contributed by atoms with Crippen LogP contribution in [0.1, 0.15) is 45.1 Å². The van der Waals surface area contributed by atoms with Crippen LogP contribution in [0.4, 0.5) is 16.2 Å². The highest BCUT2D eigenvalue weighted by Gasteiger charge is 2.22. The molecule has 2 rings (SSSR count). The normalized spacial score (nSPS) is 19.8. The van der Waals surface area contributed by atoms with Gasteiger partial charge in [0.05, 0.1) is 13.2 Å². The molecule has 0 bridgehead atoms.